The molecule has 0 unspecified atom stereocenters. The first-order valence-electron chi connectivity index (χ1n) is 7.27. The summed E-state index contributed by atoms with van der Waals surface area (Å²) >= 11 is 0. The van der Waals surface area contributed by atoms with Crippen LogP contribution >= 0.6 is 0 Å². The molecule has 2 aliphatic rings. The molecule has 2 fully saturated rings. The van der Waals surface area contributed by atoms with Crippen LogP contribution in [0.3, 0.4) is 0 Å². The molecule has 108 valence electrons. The van der Waals surface area contributed by atoms with Gasteiger partial charge in [0.05, 0.1) is 0 Å². The quantitative estimate of drug-likeness (QED) is 0.844. The van der Waals surface area contributed by atoms with Crippen molar-refractivity contribution in [3.8, 4) is 0 Å². The van der Waals surface area contributed by atoms with E-state index < -0.39 is 5.67 Å². The lowest BCUT2D eigenvalue weighted by Gasteiger charge is -2.25. The van der Waals surface area contributed by atoms with Gasteiger partial charge in [0.1, 0.15) is 0 Å². The maximum Gasteiger partial charge on any atom is 0.262 e. The van der Waals surface area contributed by atoms with Gasteiger partial charge in [-0.15, -0.1) is 0 Å². The van der Waals surface area contributed by atoms with Crippen molar-refractivity contribution in [2.45, 2.75) is 32.1 Å². The van der Waals surface area contributed by atoms with Crippen molar-refractivity contribution in [3.63, 3.8) is 0 Å². The van der Waals surface area contributed by atoms with Crippen molar-refractivity contribution in [3.05, 3.63) is 35.9 Å². The predicted octanol–water partition coefficient (Wildman–Crippen LogP) is 2.08. The van der Waals surface area contributed by atoms with Crippen molar-refractivity contribution in [1.82, 2.24) is 9.80 Å². The number of carbonyl (C=O) groups excluding carboxylic acids is 1. The van der Waals surface area contributed by atoms with Crippen molar-refractivity contribution >= 4 is 5.91 Å². The first-order valence-corrected chi connectivity index (χ1v) is 7.27. The molecule has 0 saturated carbocycles. The van der Waals surface area contributed by atoms with E-state index in [1.165, 1.54) is 0 Å². The fraction of sp³-hybridized carbons (Fsp3) is 0.562. The summed E-state index contributed by atoms with van der Waals surface area (Å²) < 4.78 is 15.0. The molecular weight excluding hydrogens is 255 g/mol. The van der Waals surface area contributed by atoms with Crippen molar-refractivity contribution in [2.75, 3.05) is 19.6 Å². The zero-order valence-electron chi connectivity index (χ0n) is 12.1. The molecule has 3 nitrogen and oxygen atoms in total. The van der Waals surface area contributed by atoms with Gasteiger partial charge in [0.15, 0.2) is 0 Å². The normalized spacial score (nSPS) is 30.3. The summed E-state index contributed by atoms with van der Waals surface area (Å²) in [6.07, 6.45) is 0. The Morgan fingerprint density at radius 2 is 2.00 bits per heavy atom. The maximum absolute atomic E-state index is 15.0. The minimum Gasteiger partial charge on any atom is -0.335 e. The molecule has 0 bridgehead atoms. The van der Waals surface area contributed by atoms with Crippen molar-refractivity contribution in [1.29, 1.82) is 0 Å². The Balaban J connectivity index is 1.73. The molecule has 2 atom stereocenters. The first-order chi connectivity index (χ1) is 9.50. The number of carbonyl (C=O) groups is 1. The molecule has 0 radical (unpaired) electrons. The second-order valence-electron chi connectivity index (χ2n) is 6.25. The Hall–Kier alpha value is -1.42. The van der Waals surface area contributed by atoms with E-state index in [9.17, 15) is 4.79 Å². The lowest BCUT2D eigenvalue weighted by Crippen LogP contribution is -2.42. The van der Waals surface area contributed by atoms with E-state index in [0.29, 0.717) is 25.7 Å². The Morgan fingerprint density at radius 3 is 2.60 bits per heavy atom. The van der Waals surface area contributed by atoms with E-state index in [-0.39, 0.29) is 18.4 Å². The molecule has 4 heteroatoms. The lowest BCUT2D eigenvalue weighted by atomic mass is 9.97. The van der Waals surface area contributed by atoms with Crippen LogP contribution < -0.4 is 0 Å². The number of fused-ring (bicyclic) bond motifs is 1. The third-order valence-corrected chi connectivity index (χ3v) is 4.57. The zero-order valence-corrected chi connectivity index (χ0v) is 12.1. The number of hydrogen-bond donors (Lipinski definition) is 0. The molecule has 3 rings (SSSR count). The Kier molecular flexibility index (Phi) is 3.28. The van der Waals surface area contributed by atoms with Gasteiger partial charge in [0.2, 0.25) is 5.67 Å². The highest BCUT2D eigenvalue weighted by atomic mass is 19.1. The van der Waals surface area contributed by atoms with Crippen molar-refractivity contribution < 1.29 is 9.18 Å². The minimum atomic E-state index is -1.67. The summed E-state index contributed by atoms with van der Waals surface area (Å²) in [6, 6.07) is 10.1. The highest BCUT2D eigenvalue weighted by Gasteiger charge is 2.59. The molecule has 2 saturated heterocycles. The molecule has 0 aliphatic carbocycles. The monoisotopic (exact) mass is 276 g/mol. The highest BCUT2D eigenvalue weighted by molar-refractivity contribution is 5.88. The summed E-state index contributed by atoms with van der Waals surface area (Å²) in [5.41, 5.74) is -0.607. The molecule has 1 aromatic carbocycles. The smallest absolute Gasteiger partial charge is 0.262 e. The molecule has 2 aliphatic heterocycles. The number of rotatable bonds is 3. The van der Waals surface area contributed by atoms with Crippen LogP contribution in [0.2, 0.25) is 0 Å². The molecular formula is C16H21FN2O. The van der Waals surface area contributed by atoms with E-state index in [0.717, 1.165) is 5.56 Å². The third-order valence-electron chi connectivity index (χ3n) is 4.57. The molecule has 20 heavy (non-hydrogen) atoms. The number of likely N-dealkylation sites (tertiary alicyclic amines) is 2. The van der Waals surface area contributed by atoms with E-state index in [4.69, 9.17) is 0 Å². The number of alkyl halides is 1. The van der Waals surface area contributed by atoms with Crippen LogP contribution in [0.5, 0.6) is 0 Å². The molecule has 0 N–H and O–H groups in total. The summed E-state index contributed by atoms with van der Waals surface area (Å²) in [6.45, 7) is 6.09. The molecule has 0 aromatic heterocycles. The number of nitrogens with zero attached hydrogens (tertiary/aromatic N) is 2. The van der Waals surface area contributed by atoms with Gasteiger partial charge in [-0.2, -0.15) is 0 Å². The van der Waals surface area contributed by atoms with E-state index in [2.05, 4.69) is 18.7 Å². The topological polar surface area (TPSA) is 23.6 Å². The van der Waals surface area contributed by atoms with Crippen LogP contribution in [0, 0.1) is 5.92 Å². The Bertz CT molecular complexity index is 504. The average molecular weight is 276 g/mol. The third kappa shape index (κ3) is 2.12. The van der Waals surface area contributed by atoms with Gasteiger partial charge in [-0.25, -0.2) is 4.39 Å². The average Bonchev–Trinajstić information content (AvgIpc) is 2.86. The first kappa shape index (κ1) is 13.6. The van der Waals surface area contributed by atoms with Gasteiger partial charge in [-0.1, -0.05) is 30.3 Å². The fourth-order valence-corrected chi connectivity index (χ4v) is 3.31. The van der Waals surface area contributed by atoms with Gasteiger partial charge < -0.3 is 4.90 Å². The van der Waals surface area contributed by atoms with Crippen LogP contribution in [0.15, 0.2) is 30.3 Å². The summed E-state index contributed by atoms with van der Waals surface area (Å²) in [4.78, 5) is 16.2. The highest BCUT2D eigenvalue weighted by Crippen LogP contribution is 2.40. The van der Waals surface area contributed by atoms with Gasteiger partial charge in [-0.3, -0.25) is 9.69 Å². The van der Waals surface area contributed by atoms with Crippen LogP contribution in [0.4, 0.5) is 4.39 Å². The van der Waals surface area contributed by atoms with Gasteiger partial charge in [0, 0.05) is 38.1 Å². The molecule has 0 spiro atoms. The summed E-state index contributed by atoms with van der Waals surface area (Å²) in [7, 11) is 0. The van der Waals surface area contributed by atoms with Crippen LogP contribution in [0.25, 0.3) is 0 Å². The summed E-state index contributed by atoms with van der Waals surface area (Å²) in [5.74, 6) is -0.504. The lowest BCUT2D eigenvalue weighted by molar-refractivity contribution is -0.138. The van der Waals surface area contributed by atoms with E-state index in [1.54, 1.807) is 4.90 Å². The van der Waals surface area contributed by atoms with Crippen molar-refractivity contribution in [2.24, 2.45) is 5.92 Å². The van der Waals surface area contributed by atoms with Crippen LogP contribution in [0.1, 0.15) is 19.4 Å². The van der Waals surface area contributed by atoms with E-state index in [1.807, 2.05) is 30.3 Å². The van der Waals surface area contributed by atoms with Crippen LogP contribution in [-0.4, -0.2) is 47.1 Å². The van der Waals surface area contributed by atoms with Crippen LogP contribution in [-0.2, 0) is 11.3 Å². The zero-order chi connectivity index (χ0) is 14.3. The second-order valence-corrected chi connectivity index (χ2v) is 6.25. The number of hydrogen-bond acceptors (Lipinski definition) is 2. The Labute approximate surface area is 119 Å². The van der Waals surface area contributed by atoms with Gasteiger partial charge >= 0.3 is 0 Å². The minimum absolute atomic E-state index is 0.180. The SMILES string of the molecule is CC(C)N1C[C@@H]2CN(Cc3ccccc3)C(=O)[C@]2(F)C1. The molecule has 1 amide bonds. The second kappa shape index (κ2) is 4.85. The molecule has 1 aromatic rings. The fourth-order valence-electron chi connectivity index (χ4n) is 3.31. The van der Waals surface area contributed by atoms with E-state index >= 15 is 4.39 Å². The maximum atomic E-state index is 15.0. The van der Waals surface area contributed by atoms with Gasteiger partial charge in [0.25, 0.3) is 5.91 Å². The standard InChI is InChI=1S/C16H21FN2O/c1-12(2)19-10-14-9-18(15(20)16(14,17)11-19)8-13-6-4-3-5-7-13/h3-7,12,14H,8-11H2,1-2H3/t14-,16-/m0/s1. The predicted molar refractivity (Wildman–Crippen MR) is 75.9 cm³/mol. The number of amides is 1. The largest absolute Gasteiger partial charge is 0.335 e. The number of benzene rings is 1. The molecule has 2 heterocycles. The number of halogens is 1. The summed E-state index contributed by atoms with van der Waals surface area (Å²) in [5, 5.41) is 0. The Morgan fingerprint density at radius 1 is 1.30 bits per heavy atom. The van der Waals surface area contributed by atoms with Gasteiger partial charge in [-0.05, 0) is 19.4 Å².